The van der Waals surface area contributed by atoms with E-state index in [2.05, 4.69) is 33.8 Å². The van der Waals surface area contributed by atoms with Crippen LogP contribution in [0, 0.1) is 46.3 Å². The Bertz CT molecular complexity index is 1670. The first kappa shape index (κ1) is 51.3. The van der Waals surface area contributed by atoms with Crippen molar-refractivity contribution in [3.8, 4) is 0 Å². The fraction of sp³-hybridized carbons (Fsp3) is 0.957. The average Bonchev–Trinajstić information content (AvgIpc) is 3.79. The number of aliphatic hydroxyl groups excluding tert-OH is 12. The van der Waals surface area contributed by atoms with E-state index in [1.807, 2.05) is 6.92 Å². The van der Waals surface area contributed by atoms with Gasteiger partial charge in [-0.05, 0) is 105 Å². The molecule has 0 unspecified atom stereocenters. The Kier molecular flexibility index (Phi) is 15.5. The van der Waals surface area contributed by atoms with E-state index in [0.717, 1.165) is 38.5 Å². The Morgan fingerprint density at radius 2 is 1.23 bits per heavy atom. The minimum absolute atomic E-state index is 0.00961. The minimum atomic E-state index is -1.76. The zero-order chi connectivity index (χ0) is 47.8. The molecule has 4 saturated heterocycles. The number of aliphatic hydroxyl groups is 12. The maximum atomic E-state index is 12.0. The lowest BCUT2D eigenvalue weighted by Gasteiger charge is -2.58. The van der Waals surface area contributed by atoms with E-state index >= 15 is 0 Å². The fourth-order valence-electron chi connectivity index (χ4n) is 14.2. The Morgan fingerprint density at radius 1 is 0.652 bits per heavy atom. The normalized spacial score (nSPS) is 54.6. The molecule has 0 amide bonds. The maximum absolute atomic E-state index is 12.0. The molecule has 0 aromatic carbocycles. The molecule has 380 valence electrons. The Labute approximate surface area is 386 Å². The van der Waals surface area contributed by atoms with Gasteiger partial charge < -0.3 is 94.4 Å². The standard InChI is InChI=1S/C47H78O19/c1-6-21-14-28(66-47(21,5)19-60-42-39(58)36(55)33(52)29(16-48)62-42)20(2)32-27(51)15-26-24-8-7-22-13-23(9-11-45(22,3)25(24)10-12-46(26,32)4)61-44-41(38(57)35(54)31(18-50)64-44)65-43-40(59)37(56)34(53)30(17-49)63-43/h8,20-23,25-44,48-59H,6-7,9-19H2,1-5H3/t20-,21+,22-,23-,25+,26+,27+,28-,29-,30-,31-,32+,33-,34-,35-,36+,37+,38+,39-,40-,41-,42-,43+,44-,45+,46+,47-/m1/s1. The van der Waals surface area contributed by atoms with Crippen LogP contribution < -0.4 is 0 Å². The fourth-order valence-corrected chi connectivity index (χ4v) is 14.2. The van der Waals surface area contributed by atoms with Crippen molar-refractivity contribution in [2.24, 2.45) is 46.3 Å². The summed E-state index contributed by atoms with van der Waals surface area (Å²) >= 11 is 0. The third-order valence-electron chi connectivity index (χ3n) is 18.3. The van der Waals surface area contributed by atoms with E-state index in [-0.39, 0.29) is 59.2 Å². The van der Waals surface area contributed by atoms with Crippen LogP contribution in [-0.2, 0) is 33.2 Å². The first-order valence-electron chi connectivity index (χ1n) is 24.5. The van der Waals surface area contributed by atoms with Crippen molar-refractivity contribution in [2.45, 2.75) is 208 Å². The van der Waals surface area contributed by atoms with Crippen molar-refractivity contribution in [1.29, 1.82) is 0 Å². The van der Waals surface area contributed by atoms with Crippen molar-refractivity contribution in [3.05, 3.63) is 11.6 Å². The summed E-state index contributed by atoms with van der Waals surface area (Å²) in [6, 6.07) is 0. The molecule has 8 rings (SSSR count). The average molecular weight is 947 g/mol. The molecule has 0 aromatic rings. The first-order chi connectivity index (χ1) is 31.2. The van der Waals surface area contributed by atoms with Gasteiger partial charge in [0.15, 0.2) is 18.9 Å². The molecule has 4 heterocycles. The van der Waals surface area contributed by atoms with E-state index in [1.165, 1.54) is 5.57 Å². The summed E-state index contributed by atoms with van der Waals surface area (Å²) < 4.78 is 42.6. The van der Waals surface area contributed by atoms with Gasteiger partial charge in [-0.25, -0.2) is 0 Å². The molecule has 19 heteroatoms. The molecule has 4 aliphatic heterocycles. The molecule has 19 nitrogen and oxygen atoms in total. The van der Waals surface area contributed by atoms with Gasteiger partial charge in [0.05, 0.1) is 50.3 Å². The van der Waals surface area contributed by atoms with Crippen molar-refractivity contribution in [3.63, 3.8) is 0 Å². The topological polar surface area (TPSA) is 307 Å². The second-order valence-corrected chi connectivity index (χ2v) is 21.8. The van der Waals surface area contributed by atoms with E-state index in [1.54, 1.807) is 0 Å². The van der Waals surface area contributed by atoms with Gasteiger partial charge in [-0.15, -0.1) is 0 Å². The van der Waals surface area contributed by atoms with Crippen LogP contribution in [0.25, 0.3) is 0 Å². The van der Waals surface area contributed by atoms with Gasteiger partial charge in [-0.3, -0.25) is 0 Å². The summed E-state index contributed by atoms with van der Waals surface area (Å²) in [6.45, 7) is 9.21. The molecule has 66 heavy (non-hydrogen) atoms. The molecule has 0 aromatic heterocycles. The number of ether oxygens (including phenoxy) is 7. The van der Waals surface area contributed by atoms with E-state index in [4.69, 9.17) is 33.2 Å². The zero-order valence-electron chi connectivity index (χ0n) is 38.9. The summed E-state index contributed by atoms with van der Waals surface area (Å²) in [5, 5.41) is 126. The van der Waals surface area contributed by atoms with Gasteiger partial charge in [-0.1, -0.05) is 45.8 Å². The molecule has 0 spiro atoms. The van der Waals surface area contributed by atoms with Crippen LogP contribution in [0.2, 0.25) is 0 Å². The second kappa shape index (κ2) is 19.9. The highest BCUT2D eigenvalue weighted by Gasteiger charge is 2.63. The summed E-state index contributed by atoms with van der Waals surface area (Å²) in [5.74, 6) is 0.803. The Balaban J connectivity index is 0.928. The van der Waals surface area contributed by atoms with Gasteiger partial charge >= 0.3 is 0 Å². The lowest BCUT2D eigenvalue weighted by atomic mass is 9.47. The number of hydrogen-bond acceptors (Lipinski definition) is 19. The largest absolute Gasteiger partial charge is 0.394 e. The molecule has 7 fully saturated rings. The highest BCUT2D eigenvalue weighted by molar-refractivity contribution is 5.29. The SMILES string of the molecule is CC[C@H]1C[C@H]([C@@H](C)[C@H]2[C@@H](O)C[C@H]3C4=CC[C@@H]5C[C@H](O[C@@H]6O[C@H](CO)[C@@H](O)[C@H](O)[C@H]6O[C@@H]6O[C@H](CO)[C@@H](O)[C@H](O)[C@H]6O)CC[C@]5(C)[C@H]4CC[C@]23C)O[C@]1(C)CO[C@@H]1O[C@H](CO)[C@@H](O)[C@H](O)[C@H]1O. The van der Waals surface area contributed by atoms with Crippen LogP contribution in [0.15, 0.2) is 11.6 Å². The minimum Gasteiger partial charge on any atom is -0.394 e. The summed E-state index contributed by atoms with van der Waals surface area (Å²) in [7, 11) is 0. The molecule has 0 bridgehead atoms. The molecule has 8 aliphatic rings. The van der Waals surface area contributed by atoms with Crippen LogP contribution in [-0.4, -0.2) is 204 Å². The predicted molar refractivity (Wildman–Crippen MR) is 228 cm³/mol. The molecule has 4 aliphatic carbocycles. The zero-order valence-corrected chi connectivity index (χ0v) is 38.9. The lowest BCUT2D eigenvalue weighted by molar-refractivity contribution is -0.373. The van der Waals surface area contributed by atoms with Crippen LogP contribution in [0.4, 0.5) is 0 Å². The van der Waals surface area contributed by atoms with Crippen LogP contribution >= 0.6 is 0 Å². The van der Waals surface area contributed by atoms with Crippen molar-refractivity contribution < 1.29 is 94.4 Å². The smallest absolute Gasteiger partial charge is 0.187 e. The number of fused-ring (bicyclic) bond motifs is 5. The predicted octanol–water partition coefficient (Wildman–Crippen LogP) is -1.43. The van der Waals surface area contributed by atoms with Crippen molar-refractivity contribution in [1.82, 2.24) is 0 Å². The van der Waals surface area contributed by atoms with Crippen molar-refractivity contribution in [2.75, 3.05) is 26.4 Å². The maximum Gasteiger partial charge on any atom is 0.187 e. The molecule has 0 radical (unpaired) electrons. The van der Waals surface area contributed by atoms with E-state index in [0.29, 0.717) is 25.2 Å². The highest BCUT2D eigenvalue weighted by Crippen LogP contribution is 2.67. The van der Waals surface area contributed by atoms with Gasteiger partial charge in [0.25, 0.3) is 0 Å². The number of rotatable bonds is 13. The van der Waals surface area contributed by atoms with Gasteiger partial charge in [0.1, 0.15) is 73.2 Å². The first-order valence-corrected chi connectivity index (χ1v) is 24.5. The molecular formula is C47H78O19. The number of hydrogen-bond donors (Lipinski definition) is 12. The van der Waals surface area contributed by atoms with Gasteiger partial charge in [0.2, 0.25) is 0 Å². The van der Waals surface area contributed by atoms with Gasteiger partial charge in [-0.2, -0.15) is 0 Å². The van der Waals surface area contributed by atoms with E-state index in [9.17, 15) is 61.3 Å². The monoisotopic (exact) mass is 947 g/mol. The third-order valence-corrected chi connectivity index (χ3v) is 18.3. The second-order valence-electron chi connectivity index (χ2n) is 21.8. The highest BCUT2D eigenvalue weighted by atomic mass is 16.8. The summed E-state index contributed by atoms with van der Waals surface area (Å²) in [4.78, 5) is 0. The Hall–Kier alpha value is -1.02. The third kappa shape index (κ3) is 8.89. The number of allylic oxidation sites excluding steroid dienone is 2. The quantitative estimate of drug-likeness (QED) is 0.0943. The molecule has 12 N–H and O–H groups in total. The van der Waals surface area contributed by atoms with Crippen LogP contribution in [0.5, 0.6) is 0 Å². The molecule has 3 saturated carbocycles. The summed E-state index contributed by atoms with van der Waals surface area (Å²) in [5.41, 5.74) is 0.437. The van der Waals surface area contributed by atoms with Gasteiger partial charge in [0, 0.05) is 0 Å². The summed E-state index contributed by atoms with van der Waals surface area (Å²) in [6.07, 6.45) is -13.6. The van der Waals surface area contributed by atoms with Crippen molar-refractivity contribution >= 4 is 0 Å². The Morgan fingerprint density at radius 3 is 1.85 bits per heavy atom. The van der Waals surface area contributed by atoms with Crippen LogP contribution in [0.3, 0.4) is 0 Å². The lowest BCUT2D eigenvalue weighted by Crippen LogP contribution is -2.65. The van der Waals surface area contributed by atoms with Crippen LogP contribution in [0.1, 0.15) is 92.4 Å². The molecule has 27 atom stereocenters. The molecular weight excluding hydrogens is 868 g/mol. The van der Waals surface area contributed by atoms with E-state index < -0.39 is 124 Å².